The Balaban J connectivity index is 1.90. The van der Waals surface area contributed by atoms with E-state index < -0.39 is 5.60 Å². The van der Waals surface area contributed by atoms with Gasteiger partial charge in [0.1, 0.15) is 11.5 Å². The van der Waals surface area contributed by atoms with Crippen molar-refractivity contribution in [2.45, 2.75) is 31.3 Å². The van der Waals surface area contributed by atoms with Crippen molar-refractivity contribution >= 4 is 6.08 Å². The Hall–Kier alpha value is -2.00. The Kier molecular flexibility index (Phi) is 4.58. The van der Waals surface area contributed by atoms with E-state index in [0.717, 1.165) is 43.5 Å². The second-order valence-electron chi connectivity index (χ2n) is 6.59. The van der Waals surface area contributed by atoms with Crippen LogP contribution in [0.15, 0.2) is 48.1 Å². The molecule has 2 aliphatic rings. The van der Waals surface area contributed by atoms with Gasteiger partial charge in [-0.15, -0.1) is 0 Å². The summed E-state index contributed by atoms with van der Waals surface area (Å²) in [4.78, 5) is 2.21. The van der Waals surface area contributed by atoms with Crippen LogP contribution in [0.5, 0.6) is 11.5 Å². The van der Waals surface area contributed by atoms with Crippen LogP contribution < -0.4 is 4.74 Å². The molecule has 1 aromatic rings. The molecular formula is C20H25NO2. The third kappa shape index (κ3) is 3.50. The molecule has 0 bridgehead atoms. The Morgan fingerprint density at radius 3 is 2.83 bits per heavy atom. The second-order valence-corrected chi connectivity index (χ2v) is 6.59. The van der Waals surface area contributed by atoms with Gasteiger partial charge in [0.2, 0.25) is 0 Å². The molecule has 3 rings (SSSR count). The van der Waals surface area contributed by atoms with Crippen LogP contribution in [0.2, 0.25) is 0 Å². The quantitative estimate of drug-likeness (QED) is 0.886. The SMILES string of the molecule is CN(C)CCCC1(C2=CCCC=C2)C=Cc2cc(O)ccc2O1. The number of hydrogen-bond acceptors (Lipinski definition) is 3. The van der Waals surface area contributed by atoms with Crippen molar-refractivity contribution in [3.63, 3.8) is 0 Å². The molecule has 1 aromatic carbocycles. The van der Waals surface area contributed by atoms with E-state index >= 15 is 0 Å². The Bertz CT molecular complexity index is 658. The highest BCUT2D eigenvalue weighted by Gasteiger charge is 2.35. The summed E-state index contributed by atoms with van der Waals surface area (Å²) >= 11 is 0. The number of allylic oxidation sites excluding steroid dienone is 2. The average molecular weight is 311 g/mol. The van der Waals surface area contributed by atoms with Crippen molar-refractivity contribution in [1.82, 2.24) is 4.90 Å². The molecule has 0 radical (unpaired) electrons. The molecule has 1 aliphatic carbocycles. The van der Waals surface area contributed by atoms with Crippen molar-refractivity contribution in [2.24, 2.45) is 0 Å². The number of phenolic OH excluding ortho intramolecular Hbond substituents is 1. The van der Waals surface area contributed by atoms with Crippen LogP contribution in [-0.2, 0) is 0 Å². The summed E-state index contributed by atoms with van der Waals surface area (Å²) in [5.41, 5.74) is 1.79. The maximum absolute atomic E-state index is 9.65. The van der Waals surface area contributed by atoms with Crippen molar-refractivity contribution in [3.05, 3.63) is 53.6 Å². The van der Waals surface area contributed by atoms with Crippen molar-refractivity contribution < 1.29 is 9.84 Å². The molecule has 3 heteroatoms. The molecule has 1 N–H and O–H groups in total. The first-order valence-corrected chi connectivity index (χ1v) is 8.32. The molecule has 0 spiro atoms. The summed E-state index contributed by atoms with van der Waals surface area (Å²) in [6, 6.07) is 5.30. The van der Waals surface area contributed by atoms with E-state index in [9.17, 15) is 5.11 Å². The lowest BCUT2D eigenvalue weighted by molar-refractivity contribution is 0.141. The Morgan fingerprint density at radius 2 is 2.09 bits per heavy atom. The van der Waals surface area contributed by atoms with E-state index in [0.29, 0.717) is 0 Å². The number of aromatic hydroxyl groups is 1. The molecule has 1 aliphatic heterocycles. The van der Waals surface area contributed by atoms with Crippen LogP contribution in [0, 0.1) is 0 Å². The van der Waals surface area contributed by atoms with E-state index in [1.54, 1.807) is 12.1 Å². The molecule has 3 nitrogen and oxygen atoms in total. The van der Waals surface area contributed by atoms with Gasteiger partial charge in [-0.2, -0.15) is 0 Å². The molecule has 1 atom stereocenters. The summed E-state index contributed by atoms with van der Waals surface area (Å²) in [5, 5.41) is 9.65. The summed E-state index contributed by atoms with van der Waals surface area (Å²) in [7, 11) is 4.20. The largest absolute Gasteiger partial charge is 0.508 e. The Morgan fingerprint density at radius 1 is 1.22 bits per heavy atom. The highest BCUT2D eigenvalue weighted by Crippen LogP contribution is 2.40. The fraction of sp³-hybridized carbons (Fsp3) is 0.400. The first kappa shape index (κ1) is 15.9. The number of phenols is 1. The summed E-state index contributed by atoms with van der Waals surface area (Å²) in [6.45, 7) is 1.04. The van der Waals surface area contributed by atoms with E-state index in [1.165, 1.54) is 5.57 Å². The minimum absolute atomic E-state index is 0.272. The van der Waals surface area contributed by atoms with Crippen LogP contribution in [-0.4, -0.2) is 36.2 Å². The zero-order valence-corrected chi connectivity index (χ0v) is 14.0. The molecular weight excluding hydrogens is 286 g/mol. The van der Waals surface area contributed by atoms with Crippen LogP contribution >= 0.6 is 0 Å². The van der Waals surface area contributed by atoms with Crippen molar-refractivity contribution in [3.8, 4) is 11.5 Å². The first-order valence-electron chi connectivity index (χ1n) is 8.32. The maximum Gasteiger partial charge on any atom is 0.152 e. The van der Waals surface area contributed by atoms with Gasteiger partial charge in [0.05, 0.1) is 0 Å². The predicted octanol–water partition coefficient (Wildman–Crippen LogP) is 4.15. The molecule has 0 aromatic heterocycles. The van der Waals surface area contributed by atoms with Gasteiger partial charge in [0.25, 0.3) is 0 Å². The molecule has 0 fully saturated rings. The fourth-order valence-electron chi connectivity index (χ4n) is 3.23. The number of benzene rings is 1. The number of nitrogens with zero attached hydrogens (tertiary/aromatic N) is 1. The lowest BCUT2D eigenvalue weighted by Gasteiger charge is -2.37. The van der Waals surface area contributed by atoms with E-state index in [2.05, 4.69) is 49.4 Å². The van der Waals surface area contributed by atoms with Gasteiger partial charge < -0.3 is 14.7 Å². The molecule has 23 heavy (non-hydrogen) atoms. The number of fused-ring (bicyclic) bond motifs is 1. The molecule has 1 unspecified atom stereocenters. The van der Waals surface area contributed by atoms with Crippen molar-refractivity contribution in [2.75, 3.05) is 20.6 Å². The second kappa shape index (κ2) is 6.63. The maximum atomic E-state index is 9.65. The van der Waals surface area contributed by atoms with Gasteiger partial charge >= 0.3 is 0 Å². The van der Waals surface area contributed by atoms with Gasteiger partial charge in [-0.1, -0.05) is 24.3 Å². The highest BCUT2D eigenvalue weighted by molar-refractivity contribution is 5.64. The molecule has 122 valence electrons. The van der Waals surface area contributed by atoms with E-state index in [-0.39, 0.29) is 5.75 Å². The third-order valence-electron chi connectivity index (χ3n) is 4.45. The summed E-state index contributed by atoms with van der Waals surface area (Å²) < 4.78 is 6.46. The monoisotopic (exact) mass is 311 g/mol. The molecule has 0 saturated carbocycles. The van der Waals surface area contributed by atoms with Gasteiger partial charge in [0.15, 0.2) is 5.60 Å². The van der Waals surface area contributed by atoms with Crippen LogP contribution in [0.4, 0.5) is 0 Å². The summed E-state index contributed by atoms with van der Waals surface area (Å²) in [5.74, 6) is 1.11. The molecule has 1 heterocycles. The zero-order valence-electron chi connectivity index (χ0n) is 14.0. The van der Waals surface area contributed by atoms with Gasteiger partial charge in [-0.25, -0.2) is 0 Å². The smallest absolute Gasteiger partial charge is 0.152 e. The summed E-state index contributed by atoms with van der Waals surface area (Å²) in [6.07, 6.45) is 15.1. The molecule has 0 saturated heterocycles. The van der Waals surface area contributed by atoms with Crippen LogP contribution in [0.1, 0.15) is 31.2 Å². The predicted molar refractivity (Wildman–Crippen MR) is 94.7 cm³/mol. The zero-order chi connectivity index (χ0) is 16.3. The lowest BCUT2D eigenvalue weighted by Crippen LogP contribution is -2.38. The van der Waals surface area contributed by atoms with Gasteiger partial charge in [-0.05, 0) is 76.2 Å². The van der Waals surface area contributed by atoms with E-state index in [1.807, 2.05) is 6.07 Å². The van der Waals surface area contributed by atoms with Gasteiger partial charge in [-0.3, -0.25) is 0 Å². The number of rotatable bonds is 5. The number of ether oxygens (including phenoxy) is 1. The topological polar surface area (TPSA) is 32.7 Å². The third-order valence-corrected chi connectivity index (χ3v) is 4.45. The number of hydrogen-bond donors (Lipinski definition) is 1. The fourth-order valence-corrected chi connectivity index (χ4v) is 3.23. The first-order chi connectivity index (χ1) is 11.1. The van der Waals surface area contributed by atoms with Gasteiger partial charge in [0, 0.05) is 5.56 Å². The van der Waals surface area contributed by atoms with Crippen LogP contribution in [0.3, 0.4) is 0 Å². The highest BCUT2D eigenvalue weighted by atomic mass is 16.5. The minimum atomic E-state index is -0.392. The van der Waals surface area contributed by atoms with Crippen LogP contribution in [0.25, 0.3) is 6.08 Å². The molecule has 0 amide bonds. The lowest BCUT2D eigenvalue weighted by atomic mass is 9.83. The van der Waals surface area contributed by atoms with E-state index in [4.69, 9.17) is 4.74 Å². The van der Waals surface area contributed by atoms with Crippen molar-refractivity contribution in [1.29, 1.82) is 0 Å². The average Bonchev–Trinajstić information content (AvgIpc) is 2.55. The minimum Gasteiger partial charge on any atom is -0.508 e. The normalized spacial score (nSPS) is 22.7. The Labute approximate surface area is 138 Å². The standard InChI is InChI=1S/C20H25NO2/c1-21(2)14-6-12-20(17-7-4-3-5-8-17)13-11-16-15-18(22)9-10-19(16)23-20/h4,7-11,13,15,22H,3,5-6,12,14H2,1-2H3.